The number of hydrogen-bond acceptors (Lipinski definition) is 2. The Kier molecular flexibility index (Phi) is 2.49. The van der Waals surface area contributed by atoms with Gasteiger partial charge >= 0.3 is 0 Å². The molecule has 0 spiro atoms. The molecule has 0 aromatic heterocycles. The van der Waals surface area contributed by atoms with Crippen LogP contribution in [0, 0.1) is 0 Å². The lowest BCUT2D eigenvalue weighted by atomic mass is 9.96. The summed E-state index contributed by atoms with van der Waals surface area (Å²) in [5.74, 6) is 0.00234. The number of rotatable bonds is 2. The molecule has 1 rings (SSSR count). The van der Waals surface area contributed by atoms with Crippen LogP contribution < -0.4 is 5.32 Å². The maximum absolute atomic E-state index is 10.7. The Morgan fingerprint density at radius 3 is 2.55 bits per heavy atom. The quantitative estimate of drug-likeness (QED) is 0.640. The zero-order valence-corrected chi connectivity index (χ0v) is 7.14. The molecule has 11 heavy (non-hydrogen) atoms. The summed E-state index contributed by atoms with van der Waals surface area (Å²) < 4.78 is 5.46. The number of morpholine rings is 1. The lowest BCUT2D eigenvalue weighted by molar-refractivity contribution is -0.144. The van der Waals surface area contributed by atoms with E-state index >= 15 is 0 Å². The molecule has 0 aromatic carbocycles. The van der Waals surface area contributed by atoms with Gasteiger partial charge in [0, 0.05) is 6.54 Å². The van der Waals surface area contributed by atoms with Gasteiger partial charge in [0.25, 0.3) is 0 Å². The highest BCUT2D eigenvalue weighted by Gasteiger charge is 2.31. The summed E-state index contributed by atoms with van der Waals surface area (Å²) in [6.45, 7) is 5.06. The molecule has 0 atom stereocenters. The van der Waals surface area contributed by atoms with Crippen molar-refractivity contribution in [3.63, 3.8) is 0 Å². The largest absolute Gasteiger partial charge is 0.363 e. The zero-order valence-electron chi connectivity index (χ0n) is 7.14. The summed E-state index contributed by atoms with van der Waals surface area (Å²) in [5.41, 5.74) is -0.0894. The minimum absolute atomic E-state index is 0.00234. The first-order chi connectivity index (χ1) is 5.22. The van der Waals surface area contributed by atoms with Crippen LogP contribution in [0.2, 0.25) is 0 Å². The van der Waals surface area contributed by atoms with Crippen LogP contribution in [0.3, 0.4) is 0 Å². The van der Waals surface area contributed by atoms with E-state index in [4.69, 9.17) is 4.74 Å². The third kappa shape index (κ3) is 1.71. The Bertz CT molecular complexity index is 140. The summed E-state index contributed by atoms with van der Waals surface area (Å²) in [7, 11) is 0. The van der Waals surface area contributed by atoms with E-state index in [0.29, 0.717) is 6.54 Å². The van der Waals surface area contributed by atoms with Crippen LogP contribution in [0.15, 0.2) is 0 Å². The molecule has 0 bridgehead atoms. The van der Waals surface area contributed by atoms with E-state index in [1.54, 1.807) is 0 Å². The van der Waals surface area contributed by atoms with Gasteiger partial charge in [0.15, 0.2) is 0 Å². The molecule has 0 radical (unpaired) electrons. The molecule has 3 heteroatoms. The van der Waals surface area contributed by atoms with Crippen LogP contribution in [0.5, 0.6) is 0 Å². The summed E-state index contributed by atoms with van der Waals surface area (Å²) in [6, 6.07) is 0. The molecule has 1 amide bonds. The van der Waals surface area contributed by atoms with E-state index in [-0.39, 0.29) is 18.1 Å². The van der Waals surface area contributed by atoms with Crippen molar-refractivity contribution in [3.8, 4) is 0 Å². The van der Waals surface area contributed by atoms with Gasteiger partial charge < -0.3 is 10.1 Å². The second-order valence-electron chi connectivity index (χ2n) is 2.96. The fourth-order valence-corrected chi connectivity index (χ4v) is 1.28. The van der Waals surface area contributed by atoms with E-state index < -0.39 is 0 Å². The third-order valence-corrected chi connectivity index (χ3v) is 2.41. The molecular weight excluding hydrogens is 142 g/mol. The van der Waals surface area contributed by atoms with Gasteiger partial charge in [-0.2, -0.15) is 0 Å². The first-order valence-corrected chi connectivity index (χ1v) is 4.13. The Morgan fingerprint density at radius 1 is 1.55 bits per heavy atom. The van der Waals surface area contributed by atoms with Crippen LogP contribution in [-0.4, -0.2) is 24.7 Å². The first-order valence-electron chi connectivity index (χ1n) is 4.13. The predicted octanol–water partition coefficient (Wildman–Crippen LogP) is 0.692. The molecular formula is C8H15NO2. The molecule has 1 fully saturated rings. The molecule has 0 saturated carbocycles. The molecule has 1 heterocycles. The number of carbonyl (C=O) groups is 1. The Balaban J connectivity index is 2.52. The fourth-order valence-electron chi connectivity index (χ4n) is 1.28. The molecule has 64 valence electrons. The molecule has 1 saturated heterocycles. The van der Waals surface area contributed by atoms with Crippen LogP contribution in [-0.2, 0) is 9.53 Å². The van der Waals surface area contributed by atoms with Crippen LogP contribution >= 0.6 is 0 Å². The summed E-state index contributed by atoms with van der Waals surface area (Å²) in [5, 5.41) is 2.81. The van der Waals surface area contributed by atoms with Crippen molar-refractivity contribution in [1.29, 1.82) is 0 Å². The smallest absolute Gasteiger partial charge is 0.246 e. The Labute approximate surface area is 67.1 Å². The SMILES string of the molecule is CCC1(CC)CNC(=O)CO1. The maximum atomic E-state index is 10.7. The second kappa shape index (κ2) is 3.22. The Morgan fingerprint density at radius 2 is 2.18 bits per heavy atom. The Hall–Kier alpha value is -0.570. The van der Waals surface area contributed by atoms with Crippen LogP contribution in [0.1, 0.15) is 26.7 Å². The number of hydrogen-bond donors (Lipinski definition) is 1. The number of nitrogens with one attached hydrogen (secondary N) is 1. The molecule has 1 aliphatic rings. The highest BCUT2D eigenvalue weighted by atomic mass is 16.5. The standard InChI is InChI=1S/C8H15NO2/c1-3-8(4-2)6-9-7(10)5-11-8/h3-6H2,1-2H3,(H,9,10). The molecule has 1 N–H and O–H groups in total. The fraction of sp³-hybridized carbons (Fsp3) is 0.875. The third-order valence-electron chi connectivity index (χ3n) is 2.41. The molecule has 0 unspecified atom stereocenters. The average molecular weight is 157 g/mol. The van der Waals surface area contributed by atoms with E-state index in [1.165, 1.54) is 0 Å². The maximum Gasteiger partial charge on any atom is 0.246 e. The van der Waals surface area contributed by atoms with Gasteiger partial charge in [0.05, 0.1) is 5.60 Å². The van der Waals surface area contributed by atoms with Gasteiger partial charge in [-0.05, 0) is 12.8 Å². The van der Waals surface area contributed by atoms with Crippen LogP contribution in [0.25, 0.3) is 0 Å². The van der Waals surface area contributed by atoms with Gasteiger partial charge in [-0.3, -0.25) is 4.79 Å². The molecule has 0 aromatic rings. The van der Waals surface area contributed by atoms with Crippen molar-refractivity contribution in [2.24, 2.45) is 0 Å². The average Bonchev–Trinajstić information content (AvgIpc) is 2.07. The zero-order chi connectivity index (χ0) is 8.32. The van der Waals surface area contributed by atoms with Gasteiger partial charge in [0.2, 0.25) is 5.91 Å². The lowest BCUT2D eigenvalue weighted by Crippen LogP contribution is -2.51. The monoisotopic (exact) mass is 157 g/mol. The van der Waals surface area contributed by atoms with E-state index in [1.807, 2.05) is 0 Å². The van der Waals surface area contributed by atoms with Gasteiger partial charge in [-0.25, -0.2) is 0 Å². The predicted molar refractivity (Wildman–Crippen MR) is 42.3 cm³/mol. The summed E-state index contributed by atoms with van der Waals surface area (Å²) in [6.07, 6.45) is 1.92. The summed E-state index contributed by atoms with van der Waals surface area (Å²) >= 11 is 0. The normalized spacial score (nSPS) is 22.9. The summed E-state index contributed by atoms with van der Waals surface area (Å²) in [4.78, 5) is 10.7. The van der Waals surface area contributed by atoms with Crippen molar-refractivity contribution < 1.29 is 9.53 Å². The van der Waals surface area contributed by atoms with Crippen molar-refractivity contribution in [2.75, 3.05) is 13.2 Å². The van der Waals surface area contributed by atoms with Crippen molar-refractivity contribution in [2.45, 2.75) is 32.3 Å². The number of carbonyl (C=O) groups excluding carboxylic acids is 1. The molecule has 0 aliphatic carbocycles. The first kappa shape index (κ1) is 8.53. The number of ether oxygens (including phenoxy) is 1. The minimum atomic E-state index is -0.0894. The minimum Gasteiger partial charge on any atom is -0.363 e. The molecule has 3 nitrogen and oxygen atoms in total. The van der Waals surface area contributed by atoms with Gasteiger partial charge in [-0.15, -0.1) is 0 Å². The second-order valence-corrected chi connectivity index (χ2v) is 2.96. The lowest BCUT2D eigenvalue weighted by Gasteiger charge is -2.35. The van der Waals surface area contributed by atoms with Crippen molar-refractivity contribution in [1.82, 2.24) is 5.32 Å². The topological polar surface area (TPSA) is 38.3 Å². The highest BCUT2D eigenvalue weighted by Crippen LogP contribution is 2.21. The number of amides is 1. The van der Waals surface area contributed by atoms with Crippen molar-refractivity contribution >= 4 is 5.91 Å². The highest BCUT2D eigenvalue weighted by molar-refractivity contribution is 5.77. The van der Waals surface area contributed by atoms with Crippen molar-refractivity contribution in [3.05, 3.63) is 0 Å². The molecule has 1 aliphatic heterocycles. The van der Waals surface area contributed by atoms with E-state index in [0.717, 1.165) is 12.8 Å². The van der Waals surface area contributed by atoms with Crippen LogP contribution in [0.4, 0.5) is 0 Å². The van der Waals surface area contributed by atoms with E-state index in [2.05, 4.69) is 19.2 Å². The van der Waals surface area contributed by atoms with Gasteiger partial charge in [0.1, 0.15) is 6.61 Å². The van der Waals surface area contributed by atoms with Gasteiger partial charge in [-0.1, -0.05) is 13.8 Å². The van der Waals surface area contributed by atoms with E-state index in [9.17, 15) is 4.79 Å².